The average molecular weight is 436 g/mol. The molecule has 2 aromatic carbocycles. The van der Waals surface area contributed by atoms with Crippen molar-refractivity contribution in [1.82, 2.24) is 4.98 Å². The third-order valence-electron chi connectivity index (χ3n) is 4.87. The number of rotatable bonds is 13. The number of methoxy groups -OCH3 is 1. The molecule has 0 fully saturated rings. The fraction of sp³-hybridized carbons (Fsp3) is 0.308. The molecule has 0 aliphatic carbocycles. The molecule has 1 heterocycles. The van der Waals surface area contributed by atoms with Gasteiger partial charge in [-0.15, -0.1) is 6.58 Å². The number of benzene rings is 2. The molecule has 6 nitrogen and oxygen atoms in total. The Morgan fingerprint density at radius 2 is 1.97 bits per heavy atom. The molecule has 0 saturated heterocycles. The summed E-state index contributed by atoms with van der Waals surface area (Å²) in [5.74, 6) is 2.38. The van der Waals surface area contributed by atoms with Crippen LogP contribution in [0.25, 0.3) is 11.5 Å². The number of aryl methyl sites for hydroxylation is 1. The number of ether oxygens (including phenoxy) is 3. The molecular weight excluding hydrogens is 406 g/mol. The lowest BCUT2D eigenvalue weighted by atomic mass is 10.0. The van der Waals surface area contributed by atoms with Crippen LogP contribution in [0.15, 0.2) is 65.8 Å². The maximum atomic E-state index is 12.7. The van der Waals surface area contributed by atoms with Gasteiger partial charge in [-0.25, -0.2) is 4.98 Å². The normalized spacial score (nSPS) is 10.6. The second-order valence-corrected chi connectivity index (χ2v) is 7.14. The predicted octanol–water partition coefficient (Wildman–Crippen LogP) is 5.91. The molecule has 0 atom stereocenters. The molecule has 0 amide bonds. The first-order chi connectivity index (χ1) is 15.7. The first kappa shape index (κ1) is 23.1. The van der Waals surface area contributed by atoms with E-state index < -0.39 is 0 Å². The molecule has 0 saturated carbocycles. The molecule has 1 aromatic heterocycles. The van der Waals surface area contributed by atoms with Crippen molar-refractivity contribution in [2.24, 2.45) is 0 Å². The average Bonchev–Trinajstić information content (AvgIpc) is 3.30. The molecule has 0 radical (unpaired) electrons. The minimum Gasteiger partial charge on any atom is -0.493 e. The molecule has 0 aliphatic rings. The molecule has 0 spiro atoms. The van der Waals surface area contributed by atoms with Crippen molar-refractivity contribution >= 4 is 5.78 Å². The summed E-state index contributed by atoms with van der Waals surface area (Å²) in [5.41, 5.74) is 2.08. The van der Waals surface area contributed by atoms with Crippen molar-refractivity contribution in [1.29, 1.82) is 0 Å². The van der Waals surface area contributed by atoms with Gasteiger partial charge in [0.25, 0.3) is 0 Å². The molecular formula is C26H29NO5. The van der Waals surface area contributed by atoms with Gasteiger partial charge in [0.1, 0.15) is 12.0 Å². The zero-order chi connectivity index (χ0) is 22.8. The highest BCUT2D eigenvalue weighted by molar-refractivity contribution is 5.98. The second kappa shape index (κ2) is 11.7. The number of hydrogen-bond donors (Lipinski definition) is 0. The van der Waals surface area contributed by atoms with E-state index in [2.05, 4.69) is 11.6 Å². The Bertz CT molecular complexity index is 1040. The van der Waals surface area contributed by atoms with Crippen molar-refractivity contribution in [3.63, 3.8) is 0 Å². The van der Waals surface area contributed by atoms with Crippen LogP contribution in [0.4, 0.5) is 0 Å². The minimum atomic E-state index is 0.0123. The monoisotopic (exact) mass is 435 g/mol. The molecule has 3 rings (SSSR count). The van der Waals surface area contributed by atoms with Gasteiger partial charge in [0, 0.05) is 18.4 Å². The summed E-state index contributed by atoms with van der Waals surface area (Å²) in [5, 5.41) is 0. The van der Waals surface area contributed by atoms with Gasteiger partial charge in [0.2, 0.25) is 5.89 Å². The van der Waals surface area contributed by atoms with Crippen molar-refractivity contribution in [2.45, 2.75) is 32.6 Å². The summed E-state index contributed by atoms with van der Waals surface area (Å²) in [7, 11) is 1.61. The van der Waals surface area contributed by atoms with Gasteiger partial charge < -0.3 is 18.6 Å². The van der Waals surface area contributed by atoms with Gasteiger partial charge >= 0.3 is 0 Å². The van der Waals surface area contributed by atoms with Crippen LogP contribution < -0.4 is 14.2 Å². The van der Waals surface area contributed by atoms with Gasteiger partial charge in [0.05, 0.1) is 31.6 Å². The quantitative estimate of drug-likeness (QED) is 0.189. The summed E-state index contributed by atoms with van der Waals surface area (Å²) < 4.78 is 22.5. The highest BCUT2D eigenvalue weighted by Gasteiger charge is 2.15. The summed E-state index contributed by atoms with van der Waals surface area (Å²) in [6.07, 6.45) is 6.01. The Labute approximate surface area is 188 Å². The van der Waals surface area contributed by atoms with Gasteiger partial charge in [-0.1, -0.05) is 18.2 Å². The second-order valence-electron chi connectivity index (χ2n) is 7.14. The predicted molar refractivity (Wildman–Crippen MR) is 124 cm³/mol. The number of carbonyl (C=O) groups excluding carboxylic acids is 1. The molecule has 0 aliphatic heterocycles. The van der Waals surface area contributed by atoms with Crippen LogP contribution in [-0.2, 0) is 6.42 Å². The van der Waals surface area contributed by atoms with Crippen LogP contribution in [0.1, 0.15) is 42.2 Å². The number of nitrogens with zero attached hydrogens (tertiary/aromatic N) is 1. The molecule has 3 aromatic rings. The SMILES string of the molecule is C=CCCCOc1cc(-c2nc(CCC(=O)c3ccccc3OCC)co2)ccc1OC. The zero-order valence-electron chi connectivity index (χ0n) is 18.6. The van der Waals surface area contributed by atoms with Crippen molar-refractivity contribution in [2.75, 3.05) is 20.3 Å². The molecule has 0 bridgehead atoms. The van der Waals surface area contributed by atoms with Gasteiger partial charge in [0.15, 0.2) is 17.3 Å². The third kappa shape index (κ3) is 6.00. The lowest BCUT2D eigenvalue weighted by Gasteiger charge is -2.11. The minimum absolute atomic E-state index is 0.0123. The molecule has 168 valence electrons. The Kier molecular flexibility index (Phi) is 8.49. The summed E-state index contributed by atoms with van der Waals surface area (Å²) in [6.45, 7) is 6.70. The van der Waals surface area contributed by atoms with Crippen LogP contribution >= 0.6 is 0 Å². The number of aromatic nitrogens is 1. The molecule has 0 N–H and O–H groups in total. The highest BCUT2D eigenvalue weighted by atomic mass is 16.5. The van der Waals surface area contributed by atoms with Crippen LogP contribution in [-0.4, -0.2) is 31.1 Å². The van der Waals surface area contributed by atoms with Crippen molar-refractivity contribution < 1.29 is 23.4 Å². The largest absolute Gasteiger partial charge is 0.493 e. The van der Waals surface area contributed by atoms with Crippen LogP contribution in [0, 0.1) is 0 Å². The van der Waals surface area contributed by atoms with Gasteiger partial charge in [-0.2, -0.15) is 0 Å². The fourth-order valence-electron chi connectivity index (χ4n) is 3.24. The Hall–Kier alpha value is -3.54. The van der Waals surface area contributed by atoms with E-state index in [0.717, 1.165) is 18.4 Å². The van der Waals surface area contributed by atoms with E-state index in [9.17, 15) is 4.79 Å². The van der Waals surface area contributed by atoms with E-state index in [0.29, 0.717) is 60.5 Å². The Balaban J connectivity index is 1.66. The lowest BCUT2D eigenvalue weighted by molar-refractivity contribution is 0.0979. The zero-order valence-corrected chi connectivity index (χ0v) is 18.6. The van der Waals surface area contributed by atoms with Crippen LogP contribution in [0.3, 0.4) is 0 Å². The van der Waals surface area contributed by atoms with E-state index in [1.807, 2.05) is 49.4 Å². The number of oxazole rings is 1. The van der Waals surface area contributed by atoms with E-state index in [4.69, 9.17) is 18.6 Å². The third-order valence-corrected chi connectivity index (χ3v) is 4.87. The molecule has 32 heavy (non-hydrogen) atoms. The van der Waals surface area contributed by atoms with E-state index in [1.165, 1.54) is 0 Å². The Morgan fingerprint density at radius 3 is 2.75 bits per heavy atom. The van der Waals surface area contributed by atoms with Crippen LogP contribution in [0.5, 0.6) is 17.2 Å². The number of hydrogen-bond acceptors (Lipinski definition) is 6. The first-order valence-electron chi connectivity index (χ1n) is 10.8. The highest BCUT2D eigenvalue weighted by Crippen LogP contribution is 2.32. The summed E-state index contributed by atoms with van der Waals surface area (Å²) in [4.78, 5) is 17.2. The van der Waals surface area contributed by atoms with Gasteiger partial charge in [-0.3, -0.25) is 4.79 Å². The summed E-state index contributed by atoms with van der Waals surface area (Å²) >= 11 is 0. The van der Waals surface area contributed by atoms with Crippen molar-refractivity contribution in [3.8, 4) is 28.7 Å². The standard InChI is InChI=1S/C26H29NO5/c1-4-6-9-16-31-25-17-19(12-15-24(25)29-3)26-27-20(18-32-26)13-14-22(28)21-10-7-8-11-23(21)30-5-2/h4,7-8,10-12,15,17-18H,1,5-6,9,13-14,16H2,2-3H3. The van der Waals surface area contributed by atoms with Crippen LogP contribution in [0.2, 0.25) is 0 Å². The van der Waals surface area contributed by atoms with E-state index in [1.54, 1.807) is 19.4 Å². The fourth-order valence-corrected chi connectivity index (χ4v) is 3.24. The number of carbonyl (C=O) groups is 1. The molecule has 0 unspecified atom stereocenters. The number of allylic oxidation sites excluding steroid dienone is 1. The number of para-hydroxylation sites is 1. The first-order valence-corrected chi connectivity index (χ1v) is 10.8. The van der Waals surface area contributed by atoms with E-state index >= 15 is 0 Å². The number of unbranched alkanes of at least 4 members (excludes halogenated alkanes) is 1. The molecule has 6 heteroatoms. The maximum absolute atomic E-state index is 12.7. The van der Waals surface area contributed by atoms with E-state index in [-0.39, 0.29) is 5.78 Å². The van der Waals surface area contributed by atoms with Gasteiger partial charge in [-0.05, 0) is 50.1 Å². The maximum Gasteiger partial charge on any atom is 0.226 e. The topological polar surface area (TPSA) is 70.8 Å². The lowest BCUT2D eigenvalue weighted by Crippen LogP contribution is -2.05. The Morgan fingerprint density at radius 1 is 1.12 bits per heavy atom. The summed E-state index contributed by atoms with van der Waals surface area (Å²) in [6, 6.07) is 12.8. The smallest absolute Gasteiger partial charge is 0.226 e. The van der Waals surface area contributed by atoms with Crippen molar-refractivity contribution in [3.05, 3.63) is 72.6 Å². The number of Topliss-reactive ketones (excluding diaryl/α,β-unsaturated/α-hetero) is 1. The number of ketones is 1.